The molecule has 1 atom stereocenters. The molecule has 1 aliphatic rings. The van der Waals surface area contributed by atoms with Gasteiger partial charge >= 0.3 is 0 Å². The maximum absolute atomic E-state index is 11.7. The number of anilines is 1. The third-order valence-corrected chi connectivity index (χ3v) is 2.36. The fourth-order valence-electron chi connectivity index (χ4n) is 1.65. The molecule has 1 aromatic rings. The number of fused-ring (bicyclic) bond motifs is 1. The maximum Gasteiger partial charge on any atom is 0.268 e. The van der Waals surface area contributed by atoms with Gasteiger partial charge in [0, 0.05) is 0 Å². The van der Waals surface area contributed by atoms with Crippen molar-refractivity contribution in [1.82, 2.24) is 0 Å². The van der Waals surface area contributed by atoms with Crippen molar-refractivity contribution in [2.24, 2.45) is 0 Å². The van der Waals surface area contributed by atoms with E-state index in [1.807, 2.05) is 0 Å². The summed E-state index contributed by atoms with van der Waals surface area (Å²) < 4.78 is 5.35. The third kappa shape index (κ3) is 1.71. The van der Waals surface area contributed by atoms with Crippen LogP contribution < -0.4 is 14.7 Å². The summed E-state index contributed by atoms with van der Waals surface area (Å²) in [5, 5.41) is 10.6. The predicted molar refractivity (Wildman–Crippen MR) is 53.9 cm³/mol. The Kier molecular flexibility index (Phi) is 2.52. The van der Waals surface area contributed by atoms with Crippen LogP contribution in [0, 0.1) is 0 Å². The molecule has 1 heterocycles. The predicted octanol–water partition coefficient (Wildman–Crippen LogP) is -0.450. The number of aliphatic carboxylic acids is 1. The lowest BCUT2D eigenvalue weighted by molar-refractivity contribution is -0.303. The smallest absolute Gasteiger partial charge is 0.268 e. The molecule has 84 valence electrons. The summed E-state index contributed by atoms with van der Waals surface area (Å²) >= 11 is 0. The molecule has 5 nitrogen and oxygen atoms in total. The van der Waals surface area contributed by atoms with Gasteiger partial charge in [-0.1, -0.05) is 12.1 Å². The summed E-state index contributed by atoms with van der Waals surface area (Å²) in [6, 6.07) is 6.81. The van der Waals surface area contributed by atoms with E-state index in [0.29, 0.717) is 11.4 Å². The zero-order chi connectivity index (χ0) is 11.7. The lowest BCUT2D eigenvalue weighted by Gasteiger charge is -2.33. The normalized spacial score (nSPS) is 18.9. The molecule has 0 aliphatic carbocycles. The molecule has 0 N–H and O–H groups in total. The van der Waals surface area contributed by atoms with Crippen molar-refractivity contribution >= 4 is 17.6 Å². The number of para-hydroxylation sites is 2. The molecule has 2 rings (SSSR count). The summed E-state index contributed by atoms with van der Waals surface area (Å²) in [6.07, 6.45) is -0.672. The number of rotatable bonds is 2. The molecule has 0 radical (unpaired) electrons. The van der Waals surface area contributed by atoms with E-state index in [4.69, 9.17) is 4.74 Å². The average Bonchev–Trinajstić information content (AvgIpc) is 2.24. The summed E-state index contributed by atoms with van der Waals surface area (Å²) in [4.78, 5) is 23.5. The summed E-state index contributed by atoms with van der Waals surface area (Å²) in [7, 11) is 0. The molecule has 1 aromatic carbocycles. The number of ether oxygens (including phenoxy) is 1. The van der Waals surface area contributed by atoms with Gasteiger partial charge in [-0.3, -0.25) is 4.79 Å². The molecule has 0 saturated heterocycles. The topological polar surface area (TPSA) is 69.7 Å². The number of carbonyl (C=O) groups is 2. The fourth-order valence-corrected chi connectivity index (χ4v) is 1.65. The van der Waals surface area contributed by atoms with Crippen LogP contribution in [0.2, 0.25) is 0 Å². The van der Waals surface area contributed by atoms with Crippen LogP contribution in [0.4, 0.5) is 5.69 Å². The van der Waals surface area contributed by atoms with Crippen molar-refractivity contribution in [3.8, 4) is 5.75 Å². The van der Waals surface area contributed by atoms with Gasteiger partial charge in [-0.25, -0.2) is 0 Å². The van der Waals surface area contributed by atoms with Gasteiger partial charge in [0.05, 0.1) is 18.2 Å². The molecule has 0 fully saturated rings. The maximum atomic E-state index is 11.7. The first kappa shape index (κ1) is 10.5. The minimum atomic E-state index is -1.29. The number of hydrogen-bond donors (Lipinski definition) is 0. The number of hydrogen-bond acceptors (Lipinski definition) is 4. The summed E-state index contributed by atoms with van der Waals surface area (Å²) in [5.74, 6) is -1.16. The van der Waals surface area contributed by atoms with Gasteiger partial charge in [-0.2, -0.15) is 0 Å². The first-order chi connectivity index (χ1) is 7.59. The first-order valence-electron chi connectivity index (χ1n) is 4.86. The standard InChI is InChI=1S/C11H11NO4/c1-7-11(15)12(6-10(13)14)8-4-2-3-5-9(8)16-7/h2-5,7H,6H2,1H3,(H,13,14)/p-1. The van der Waals surface area contributed by atoms with E-state index >= 15 is 0 Å². The van der Waals surface area contributed by atoms with E-state index in [-0.39, 0.29) is 5.91 Å². The lowest BCUT2D eigenvalue weighted by atomic mass is 10.2. The van der Waals surface area contributed by atoms with Crippen LogP contribution >= 0.6 is 0 Å². The second-order valence-electron chi connectivity index (χ2n) is 3.52. The van der Waals surface area contributed by atoms with Crippen LogP contribution in [-0.4, -0.2) is 24.5 Å². The van der Waals surface area contributed by atoms with Gasteiger partial charge in [-0.15, -0.1) is 0 Å². The van der Waals surface area contributed by atoms with Crippen LogP contribution in [-0.2, 0) is 9.59 Å². The molecule has 0 aromatic heterocycles. The van der Waals surface area contributed by atoms with Crippen molar-refractivity contribution in [3.63, 3.8) is 0 Å². The van der Waals surface area contributed by atoms with E-state index in [9.17, 15) is 14.7 Å². The zero-order valence-electron chi connectivity index (χ0n) is 8.67. The van der Waals surface area contributed by atoms with Crippen molar-refractivity contribution in [1.29, 1.82) is 0 Å². The van der Waals surface area contributed by atoms with Crippen molar-refractivity contribution in [3.05, 3.63) is 24.3 Å². The van der Waals surface area contributed by atoms with Crippen molar-refractivity contribution in [2.45, 2.75) is 13.0 Å². The molecule has 5 heteroatoms. The number of carbonyl (C=O) groups excluding carboxylic acids is 2. The molecule has 1 unspecified atom stereocenters. The molecular formula is C11H10NO4-. The monoisotopic (exact) mass is 220 g/mol. The molecular weight excluding hydrogens is 210 g/mol. The number of amides is 1. The Balaban J connectivity index is 2.41. The minimum absolute atomic E-state index is 0.372. The summed E-state index contributed by atoms with van der Waals surface area (Å²) in [6.45, 7) is 1.13. The van der Waals surface area contributed by atoms with E-state index in [1.165, 1.54) is 4.90 Å². The molecule has 16 heavy (non-hydrogen) atoms. The third-order valence-electron chi connectivity index (χ3n) is 2.36. The van der Waals surface area contributed by atoms with E-state index in [2.05, 4.69) is 0 Å². The largest absolute Gasteiger partial charge is 0.548 e. The molecule has 0 saturated carbocycles. The van der Waals surface area contributed by atoms with Gasteiger partial charge in [0.15, 0.2) is 6.10 Å². The Labute approximate surface area is 92.2 Å². The van der Waals surface area contributed by atoms with Gasteiger partial charge in [0.25, 0.3) is 5.91 Å². The first-order valence-corrected chi connectivity index (χ1v) is 4.86. The Morgan fingerprint density at radius 3 is 2.88 bits per heavy atom. The quantitative estimate of drug-likeness (QED) is 0.677. The SMILES string of the molecule is CC1Oc2ccccc2N(CC(=O)[O-])C1=O. The average molecular weight is 220 g/mol. The minimum Gasteiger partial charge on any atom is -0.548 e. The number of carboxylic acids is 1. The van der Waals surface area contributed by atoms with Gasteiger partial charge < -0.3 is 19.5 Å². The Bertz CT molecular complexity index is 443. The highest BCUT2D eigenvalue weighted by Gasteiger charge is 2.30. The van der Waals surface area contributed by atoms with Crippen LogP contribution in [0.1, 0.15) is 6.92 Å². The fraction of sp³-hybridized carbons (Fsp3) is 0.273. The molecule has 1 aliphatic heterocycles. The van der Waals surface area contributed by atoms with Crippen LogP contribution in [0.5, 0.6) is 5.75 Å². The van der Waals surface area contributed by atoms with E-state index in [0.717, 1.165) is 0 Å². The van der Waals surface area contributed by atoms with Crippen LogP contribution in [0.3, 0.4) is 0 Å². The Morgan fingerprint density at radius 2 is 2.19 bits per heavy atom. The Hall–Kier alpha value is -2.04. The molecule has 0 spiro atoms. The van der Waals surface area contributed by atoms with Crippen molar-refractivity contribution in [2.75, 3.05) is 11.4 Å². The van der Waals surface area contributed by atoms with Crippen molar-refractivity contribution < 1.29 is 19.4 Å². The highest BCUT2D eigenvalue weighted by Crippen LogP contribution is 2.33. The lowest BCUT2D eigenvalue weighted by Crippen LogP contribution is -2.49. The van der Waals surface area contributed by atoms with E-state index in [1.54, 1.807) is 31.2 Å². The highest BCUT2D eigenvalue weighted by molar-refractivity contribution is 6.02. The molecule has 0 bridgehead atoms. The Morgan fingerprint density at radius 1 is 1.50 bits per heavy atom. The second kappa shape index (κ2) is 3.84. The zero-order valence-corrected chi connectivity index (χ0v) is 8.67. The van der Waals surface area contributed by atoms with Gasteiger partial charge in [-0.05, 0) is 19.1 Å². The number of nitrogens with zero attached hydrogens (tertiary/aromatic N) is 1. The van der Waals surface area contributed by atoms with Gasteiger partial charge in [0.2, 0.25) is 0 Å². The number of benzene rings is 1. The summed E-state index contributed by atoms with van der Waals surface area (Å²) in [5.41, 5.74) is 0.467. The van der Waals surface area contributed by atoms with E-state index < -0.39 is 18.6 Å². The molecule has 1 amide bonds. The van der Waals surface area contributed by atoms with Crippen LogP contribution in [0.25, 0.3) is 0 Å². The van der Waals surface area contributed by atoms with Gasteiger partial charge in [0.1, 0.15) is 5.75 Å². The number of carboxylic acid groups (broad SMARTS) is 1. The highest BCUT2D eigenvalue weighted by atomic mass is 16.5. The van der Waals surface area contributed by atoms with Crippen LogP contribution in [0.15, 0.2) is 24.3 Å². The second-order valence-corrected chi connectivity index (χ2v) is 3.52.